The number of aliphatic hydroxyl groups is 2. The van der Waals surface area contributed by atoms with Crippen LogP contribution in [0.25, 0.3) is 0 Å². The van der Waals surface area contributed by atoms with Crippen molar-refractivity contribution in [1.82, 2.24) is 5.32 Å². The molecule has 5 nitrogen and oxygen atoms in total. The van der Waals surface area contributed by atoms with Gasteiger partial charge in [-0.05, 0) is 29.0 Å². The fraction of sp³-hybridized carbons (Fsp3) is 0.409. The molecule has 0 aliphatic carbocycles. The molecule has 0 heterocycles. The zero-order valence-corrected chi connectivity index (χ0v) is 16.2. The fourth-order valence-corrected chi connectivity index (χ4v) is 3.14. The average Bonchev–Trinajstić information content (AvgIpc) is 2.66. The second-order valence-electron chi connectivity index (χ2n) is 7.09. The quantitative estimate of drug-likeness (QED) is 0.612. The number of carbonyl (C=O) groups is 1. The first-order chi connectivity index (χ1) is 12.9. The summed E-state index contributed by atoms with van der Waals surface area (Å²) in [7, 11) is 0. The molecule has 1 amide bonds. The zero-order valence-electron chi connectivity index (χ0n) is 16.2. The molecular formula is C22H29NO4. The van der Waals surface area contributed by atoms with Crippen LogP contribution in [0, 0.1) is 0 Å². The normalized spacial score (nSPS) is 13.4. The van der Waals surface area contributed by atoms with Crippen molar-refractivity contribution in [3.8, 4) is 0 Å². The van der Waals surface area contributed by atoms with Gasteiger partial charge >= 0.3 is 6.09 Å². The standard InChI is InChI=1S/C22H29NO4/c1-4-22(14-20(24)25,19-12-8-11-18(13-19)16(2)3)23-21(26)27-15-17-9-6-5-7-10-17/h5-13,16,20,24-25H,4,14-15H2,1-3H3,(H,23,26). The van der Waals surface area contributed by atoms with E-state index in [4.69, 9.17) is 4.74 Å². The second-order valence-corrected chi connectivity index (χ2v) is 7.09. The van der Waals surface area contributed by atoms with Crippen molar-refractivity contribution < 1.29 is 19.7 Å². The summed E-state index contributed by atoms with van der Waals surface area (Å²) in [6, 6.07) is 17.3. The van der Waals surface area contributed by atoms with Crippen LogP contribution >= 0.6 is 0 Å². The number of hydrogen-bond acceptors (Lipinski definition) is 4. The van der Waals surface area contributed by atoms with Crippen molar-refractivity contribution in [2.45, 2.75) is 58.0 Å². The summed E-state index contributed by atoms with van der Waals surface area (Å²) in [5.41, 5.74) is 1.92. The number of amides is 1. The lowest BCUT2D eigenvalue weighted by Gasteiger charge is -2.35. The lowest BCUT2D eigenvalue weighted by molar-refractivity contribution is -0.0650. The molecule has 2 aromatic rings. The number of alkyl carbamates (subject to hydrolysis) is 1. The molecule has 0 bridgehead atoms. The van der Waals surface area contributed by atoms with Crippen molar-refractivity contribution in [2.75, 3.05) is 0 Å². The number of benzene rings is 2. The minimum absolute atomic E-state index is 0.0223. The fourth-order valence-electron chi connectivity index (χ4n) is 3.14. The van der Waals surface area contributed by atoms with Crippen LogP contribution in [0.4, 0.5) is 4.79 Å². The van der Waals surface area contributed by atoms with Gasteiger partial charge in [-0.15, -0.1) is 0 Å². The third-order valence-corrected chi connectivity index (χ3v) is 4.79. The van der Waals surface area contributed by atoms with Crippen LogP contribution in [-0.4, -0.2) is 22.6 Å². The number of ether oxygens (including phenoxy) is 1. The Morgan fingerprint density at radius 2 is 1.81 bits per heavy atom. The lowest BCUT2D eigenvalue weighted by atomic mass is 9.82. The SMILES string of the molecule is CCC(CC(O)O)(NC(=O)OCc1ccccc1)c1cccc(C(C)C)c1. The van der Waals surface area contributed by atoms with E-state index in [9.17, 15) is 15.0 Å². The second kappa shape index (κ2) is 9.53. The van der Waals surface area contributed by atoms with Crippen LogP contribution in [-0.2, 0) is 16.9 Å². The van der Waals surface area contributed by atoms with E-state index in [1.807, 2.05) is 61.5 Å². The van der Waals surface area contributed by atoms with Crippen molar-refractivity contribution >= 4 is 6.09 Å². The first kappa shape index (κ1) is 20.9. The van der Waals surface area contributed by atoms with Gasteiger partial charge in [0.05, 0.1) is 5.54 Å². The summed E-state index contributed by atoms with van der Waals surface area (Å²) >= 11 is 0. The Morgan fingerprint density at radius 1 is 1.11 bits per heavy atom. The van der Waals surface area contributed by atoms with Gasteiger partial charge in [0.1, 0.15) is 6.61 Å². The predicted octanol–water partition coefficient (Wildman–Crippen LogP) is 4.04. The molecule has 146 valence electrons. The molecule has 1 unspecified atom stereocenters. The molecule has 0 aliphatic rings. The summed E-state index contributed by atoms with van der Waals surface area (Å²) in [6.45, 7) is 6.24. The maximum atomic E-state index is 12.5. The van der Waals surface area contributed by atoms with Gasteiger partial charge in [0, 0.05) is 6.42 Å². The highest BCUT2D eigenvalue weighted by atomic mass is 16.5. The number of carbonyl (C=O) groups excluding carboxylic acids is 1. The highest BCUT2D eigenvalue weighted by Crippen LogP contribution is 2.32. The third kappa shape index (κ3) is 5.81. The Kier molecular flexibility index (Phi) is 7.39. The van der Waals surface area contributed by atoms with Crippen LogP contribution in [0.15, 0.2) is 54.6 Å². The molecule has 0 radical (unpaired) electrons. The van der Waals surface area contributed by atoms with E-state index in [2.05, 4.69) is 19.2 Å². The van der Waals surface area contributed by atoms with Gasteiger partial charge in [0.25, 0.3) is 0 Å². The smallest absolute Gasteiger partial charge is 0.408 e. The summed E-state index contributed by atoms with van der Waals surface area (Å²) in [6.07, 6.45) is -1.67. The molecule has 0 fully saturated rings. The summed E-state index contributed by atoms with van der Waals surface area (Å²) in [4.78, 5) is 12.5. The molecule has 2 aromatic carbocycles. The van der Waals surface area contributed by atoms with Crippen molar-refractivity contribution in [3.63, 3.8) is 0 Å². The van der Waals surface area contributed by atoms with Gasteiger partial charge < -0.3 is 20.3 Å². The van der Waals surface area contributed by atoms with E-state index < -0.39 is 17.9 Å². The van der Waals surface area contributed by atoms with Crippen LogP contribution in [0.1, 0.15) is 56.2 Å². The van der Waals surface area contributed by atoms with Crippen molar-refractivity contribution in [3.05, 3.63) is 71.3 Å². The third-order valence-electron chi connectivity index (χ3n) is 4.79. The Hall–Kier alpha value is -2.37. The van der Waals surface area contributed by atoms with Gasteiger partial charge in [0.2, 0.25) is 0 Å². The zero-order chi connectivity index (χ0) is 19.9. The molecule has 3 N–H and O–H groups in total. The predicted molar refractivity (Wildman–Crippen MR) is 105 cm³/mol. The van der Waals surface area contributed by atoms with E-state index in [0.717, 1.165) is 16.7 Å². The number of rotatable bonds is 8. The van der Waals surface area contributed by atoms with E-state index in [1.54, 1.807) is 0 Å². The van der Waals surface area contributed by atoms with Gasteiger partial charge in [-0.3, -0.25) is 0 Å². The summed E-state index contributed by atoms with van der Waals surface area (Å²) in [5, 5.41) is 22.2. The Bertz CT molecular complexity index is 730. The lowest BCUT2D eigenvalue weighted by Crippen LogP contribution is -2.48. The molecule has 0 saturated carbocycles. The molecule has 0 aromatic heterocycles. The molecule has 1 atom stereocenters. The average molecular weight is 371 g/mol. The van der Waals surface area contributed by atoms with Crippen LogP contribution in [0.2, 0.25) is 0 Å². The maximum absolute atomic E-state index is 12.5. The van der Waals surface area contributed by atoms with E-state index in [0.29, 0.717) is 12.3 Å². The number of aliphatic hydroxyl groups excluding tert-OH is 1. The van der Waals surface area contributed by atoms with Gasteiger partial charge in [-0.1, -0.05) is 75.4 Å². The highest BCUT2D eigenvalue weighted by Gasteiger charge is 2.35. The van der Waals surface area contributed by atoms with E-state index in [-0.39, 0.29) is 13.0 Å². The van der Waals surface area contributed by atoms with E-state index in [1.165, 1.54) is 0 Å². The summed E-state index contributed by atoms with van der Waals surface area (Å²) < 4.78 is 5.35. The number of hydrogen-bond donors (Lipinski definition) is 3. The highest BCUT2D eigenvalue weighted by molar-refractivity contribution is 5.69. The van der Waals surface area contributed by atoms with Crippen molar-refractivity contribution in [2.24, 2.45) is 0 Å². The Labute approximate surface area is 161 Å². The number of nitrogens with one attached hydrogen (secondary N) is 1. The van der Waals surface area contributed by atoms with Crippen LogP contribution in [0.5, 0.6) is 0 Å². The van der Waals surface area contributed by atoms with E-state index >= 15 is 0 Å². The first-order valence-electron chi connectivity index (χ1n) is 9.31. The largest absolute Gasteiger partial charge is 0.445 e. The molecule has 0 saturated heterocycles. The minimum atomic E-state index is -1.55. The van der Waals surface area contributed by atoms with Gasteiger partial charge in [-0.2, -0.15) is 0 Å². The molecule has 27 heavy (non-hydrogen) atoms. The van der Waals surface area contributed by atoms with Gasteiger partial charge in [-0.25, -0.2) is 4.79 Å². The van der Waals surface area contributed by atoms with Gasteiger partial charge in [0.15, 0.2) is 6.29 Å². The van der Waals surface area contributed by atoms with Crippen LogP contribution in [0.3, 0.4) is 0 Å². The summed E-state index contributed by atoms with van der Waals surface area (Å²) in [5.74, 6) is 0.323. The first-order valence-corrected chi connectivity index (χ1v) is 9.31. The molecule has 0 spiro atoms. The minimum Gasteiger partial charge on any atom is -0.445 e. The monoisotopic (exact) mass is 371 g/mol. The molecular weight excluding hydrogens is 342 g/mol. The Morgan fingerprint density at radius 3 is 2.41 bits per heavy atom. The molecule has 5 heteroatoms. The molecule has 2 rings (SSSR count). The Balaban J connectivity index is 2.22. The van der Waals surface area contributed by atoms with Crippen LogP contribution < -0.4 is 5.32 Å². The van der Waals surface area contributed by atoms with Crippen molar-refractivity contribution in [1.29, 1.82) is 0 Å². The molecule has 0 aliphatic heterocycles. The maximum Gasteiger partial charge on any atom is 0.408 e. The topological polar surface area (TPSA) is 78.8 Å².